The second kappa shape index (κ2) is 6.68. The van der Waals surface area contributed by atoms with Crippen molar-refractivity contribution in [2.75, 3.05) is 32.1 Å². The summed E-state index contributed by atoms with van der Waals surface area (Å²) in [6, 6.07) is 7.49. The highest BCUT2D eigenvalue weighted by molar-refractivity contribution is 5.95. The summed E-state index contributed by atoms with van der Waals surface area (Å²) in [4.78, 5) is 27.4. The van der Waals surface area contributed by atoms with Crippen molar-refractivity contribution in [3.05, 3.63) is 29.8 Å². The highest BCUT2D eigenvalue weighted by Crippen LogP contribution is 2.15. The number of amides is 2. The van der Waals surface area contributed by atoms with Gasteiger partial charge in [0.1, 0.15) is 6.10 Å². The van der Waals surface area contributed by atoms with Crippen LogP contribution in [0.5, 0.6) is 0 Å². The summed E-state index contributed by atoms with van der Waals surface area (Å²) < 4.78 is 5.25. The maximum atomic E-state index is 12.2. The Bertz CT molecular complexity index is 557. The minimum absolute atomic E-state index is 0.102. The molecule has 0 aromatic heterocycles. The molecule has 0 spiro atoms. The molecule has 1 aromatic carbocycles. The maximum Gasteiger partial charge on any atom is 0.410 e. The lowest BCUT2D eigenvalue weighted by Gasteiger charge is -2.17. The van der Waals surface area contributed by atoms with Crippen molar-refractivity contribution in [1.82, 2.24) is 10.2 Å². The van der Waals surface area contributed by atoms with Crippen LogP contribution in [0.25, 0.3) is 0 Å². The standard InChI is InChI=1S/C16H23N3O3/c1-11(2)19-10-14(22-16(19)21)9-17-15(20)12-6-5-7-13(8-12)18(3)4/h5-8,11,14H,9-10H2,1-4H3,(H,17,20). The predicted octanol–water partition coefficient (Wildman–Crippen LogP) is 1.71. The van der Waals surface area contributed by atoms with Gasteiger partial charge in [-0.2, -0.15) is 0 Å². The van der Waals surface area contributed by atoms with Crippen molar-refractivity contribution >= 4 is 17.7 Å². The van der Waals surface area contributed by atoms with Gasteiger partial charge in [-0.05, 0) is 32.0 Å². The average Bonchev–Trinajstić information content (AvgIpc) is 2.86. The fraction of sp³-hybridized carbons (Fsp3) is 0.500. The van der Waals surface area contributed by atoms with Gasteiger partial charge in [-0.3, -0.25) is 4.79 Å². The van der Waals surface area contributed by atoms with Gasteiger partial charge in [-0.25, -0.2) is 4.79 Å². The van der Waals surface area contributed by atoms with E-state index in [-0.39, 0.29) is 24.1 Å². The van der Waals surface area contributed by atoms with Gasteiger partial charge in [0.15, 0.2) is 0 Å². The number of benzene rings is 1. The molecule has 1 unspecified atom stereocenters. The molecule has 6 nitrogen and oxygen atoms in total. The van der Waals surface area contributed by atoms with Gasteiger partial charge in [-0.15, -0.1) is 0 Å². The smallest absolute Gasteiger partial charge is 0.410 e. The van der Waals surface area contributed by atoms with E-state index < -0.39 is 0 Å². The Balaban J connectivity index is 1.91. The monoisotopic (exact) mass is 305 g/mol. The summed E-state index contributed by atoms with van der Waals surface area (Å²) in [6.45, 7) is 4.71. The first-order chi connectivity index (χ1) is 10.4. The number of hydrogen-bond acceptors (Lipinski definition) is 4. The SMILES string of the molecule is CC(C)N1CC(CNC(=O)c2cccc(N(C)C)c2)OC1=O. The van der Waals surface area contributed by atoms with Gasteiger partial charge in [0.2, 0.25) is 0 Å². The molecule has 1 fully saturated rings. The van der Waals surface area contributed by atoms with Crippen LogP contribution in [0, 0.1) is 0 Å². The molecule has 1 heterocycles. The van der Waals surface area contributed by atoms with Gasteiger partial charge in [0.05, 0.1) is 13.1 Å². The third-order valence-corrected chi connectivity index (χ3v) is 3.64. The van der Waals surface area contributed by atoms with Crippen molar-refractivity contribution in [2.45, 2.75) is 26.0 Å². The van der Waals surface area contributed by atoms with Crippen molar-refractivity contribution in [3.8, 4) is 0 Å². The van der Waals surface area contributed by atoms with Crippen LogP contribution in [0.4, 0.5) is 10.5 Å². The number of ether oxygens (including phenoxy) is 1. The van der Waals surface area contributed by atoms with E-state index in [1.54, 1.807) is 11.0 Å². The van der Waals surface area contributed by atoms with Crippen LogP contribution in [0.2, 0.25) is 0 Å². The molecule has 6 heteroatoms. The van der Waals surface area contributed by atoms with E-state index in [9.17, 15) is 9.59 Å². The molecular formula is C16H23N3O3. The average molecular weight is 305 g/mol. The molecule has 0 aliphatic carbocycles. The molecule has 0 saturated carbocycles. The number of nitrogens with one attached hydrogen (secondary N) is 1. The Morgan fingerprint density at radius 1 is 1.45 bits per heavy atom. The lowest BCUT2D eigenvalue weighted by Crippen LogP contribution is -2.36. The molecule has 0 bridgehead atoms. The summed E-state index contributed by atoms with van der Waals surface area (Å²) in [5.41, 5.74) is 1.56. The minimum Gasteiger partial charge on any atom is -0.442 e. The van der Waals surface area contributed by atoms with Gasteiger partial charge in [0.25, 0.3) is 5.91 Å². The number of carbonyl (C=O) groups excluding carboxylic acids is 2. The molecule has 2 rings (SSSR count). The van der Waals surface area contributed by atoms with E-state index in [4.69, 9.17) is 4.74 Å². The third kappa shape index (κ3) is 3.69. The molecule has 0 radical (unpaired) electrons. The number of cyclic esters (lactones) is 1. The molecule has 1 aliphatic heterocycles. The maximum absolute atomic E-state index is 12.2. The largest absolute Gasteiger partial charge is 0.442 e. The Hall–Kier alpha value is -2.24. The van der Waals surface area contributed by atoms with E-state index in [2.05, 4.69) is 5.32 Å². The van der Waals surface area contributed by atoms with Crippen LogP contribution in [0.3, 0.4) is 0 Å². The fourth-order valence-electron chi connectivity index (χ4n) is 2.30. The molecule has 1 saturated heterocycles. The van der Waals surface area contributed by atoms with Crippen LogP contribution in [-0.4, -0.2) is 56.2 Å². The van der Waals surface area contributed by atoms with Crippen molar-refractivity contribution in [3.63, 3.8) is 0 Å². The van der Waals surface area contributed by atoms with Crippen molar-refractivity contribution in [1.29, 1.82) is 0 Å². The van der Waals surface area contributed by atoms with E-state index in [0.717, 1.165) is 5.69 Å². The Kier molecular flexibility index (Phi) is 4.90. The Morgan fingerprint density at radius 3 is 2.77 bits per heavy atom. The first kappa shape index (κ1) is 16.1. The molecule has 120 valence electrons. The van der Waals surface area contributed by atoms with Crippen LogP contribution in [-0.2, 0) is 4.74 Å². The zero-order valence-corrected chi connectivity index (χ0v) is 13.5. The van der Waals surface area contributed by atoms with Gasteiger partial charge in [0, 0.05) is 31.4 Å². The van der Waals surface area contributed by atoms with Gasteiger partial charge >= 0.3 is 6.09 Å². The highest BCUT2D eigenvalue weighted by atomic mass is 16.6. The van der Waals surface area contributed by atoms with Crippen LogP contribution in [0.1, 0.15) is 24.2 Å². The summed E-state index contributed by atoms with van der Waals surface area (Å²) in [5.74, 6) is -0.164. The Labute approximate surface area is 131 Å². The van der Waals surface area contributed by atoms with Crippen LogP contribution < -0.4 is 10.2 Å². The highest BCUT2D eigenvalue weighted by Gasteiger charge is 2.32. The summed E-state index contributed by atoms with van der Waals surface area (Å²) in [7, 11) is 3.85. The quantitative estimate of drug-likeness (QED) is 0.899. The second-order valence-electron chi connectivity index (χ2n) is 5.91. The molecule has 2 amide bonds. The molecular weight excluding hydrogens is 282 g/mol. The number of rotatable bonds is 5. The minimum atomic E-state index is -0.316. The van der Waals surface area contributed by atoms with E-state index >= 15 is 0 Å². The van der Waals surface area contributed by atoms with Crippen molar-refractivity contribution < 1.29 is 14.3 Å². The summed E-state index contributed by atoms with van der Waals surface area (Å²) >= 11 is 0. The van der Waals surface area contributed by atoms with E-state index in [1.165, 1.54) is 0 Å². The topological polar surface area (TPSA) is 61.9 Å². The molecule has 1 N–H and O–H groups in total. The van der Waals surface area contributed by atoms with Crippen molar-refractivity contribution in [2.24, 2.45) is 0 Å². The summed E-state index contributed by atoms with van der Waals surface area (Å²) in [6.07, 6.45) is -0.611. The zero-order chi connectivity index (χ0) is 16.3. The Morgan fingerprint density at radius 2 is 2.18 bits per heavy atom. The number of nitrogens with zero attached hydrogens (tertiary/aromatic N) is 2. The number of carbonyl (C=O) groups is 2. The molecule has 1 atom stereocenters. The number of hydrogen-bond donors (Lipinski definition) is 1. The molecule has 1 aliphatic rings. The molecule has 1 aromatic rings. The first-order valence-electron chi connectivity index (χ1n) is 7.41. The zero-order valence-electron chi connectivity index (χ0n) is 13.5. The predicted molar refractivity (Wildman–Crippen MR) is 85.2 cm³/mol. The second-order valence-corrected chi connectivity index (χ2v) is 5.91. The van der Waals surface area contributed by atoms with E-state index in [0.29, 0.717) is 18.7 Å². The lowest BCUT2D eigenvalue weighted by atomic mass is 10.1. The van der Waals surface area contributed by atoms with Gasteiger partial charge in [-0.1, -0.05) is 6.07 Å². The fourth-order valence-corrected chi connectivity index (χ4v) is 2.30. The lowest BCUT2D eigenvalue weighted by molar-refractivity contribution is 0.0914. The van der Waals surface area contributed by atoms with E-state index in [1.807, 2.05) is 51.0 Å². The normalized spacial score (nSPS) is 17.6. The third-order valence-electron chi connectivity index (χ3n) is 3.64. The van der Waals surface area contributed by atoms with Crippen LogP contribution in [0.15, 0.2) is 24.3 Å². The first-order valence-corrected chi connectivity index (χ1v) is 7.41. The summed E-state index contributed by atoms with van der Waals surface area (Å²) in [5, 5.41) is 2.83. The van der Waals surface area contributed by atoms with Crippen LogP contribution >= 0.6 is 0 Å². The molecule has 22 heavy (non-hydrogen) atoms. The van der Waals surface area contributed by atoms with Gasteiger partial charge < -0.3 is 19.9 Å². The number of anilines is 1.